The van der Waals surface area contributed by atoms with Gasteiger partial charge in [-0.3, -0.25) is 9.59 Å². The van der Waals surface area contributed by atoms with Gasteiger partial charge in [0.2, 0.25) is 0 Å². The number of carbonyl (C=O) groups excluding carboxylic acids is 3. The summed E-state index contributed by atoms with van der Waals surface area (Å²) in [5.74, 6) is -0.0968. The van der Waals surface area contributed by atoms with Gasteiger partial charge in [-0.2, -0.15) is 0 Å². The molecule has 0 rings (SSSR count). The van der Waals surface area contributed by atoms with Gasteiger partial charge in [-0.15, -0.1) is 0 Å². The first-order valence-corrected chi connectivity index (χ1v) is 3.82. The number of ether oxygens (including phenoxy) is 2. The second kappa shape index (κ2) is 7.78. The normalized spacial score (nSPS) is 10.2. The van der Waals surface area contributed by atoms with Crippen molar-refractivity contribution >= 4 is 18.7 Å². The van der Waals surface area contributed by atoms with Crippen LogP contribution in [0.5, 0.6) is 0 Å². The number of nitrogens with one attached hydrogen (secondary N) is 1. The molecule has 78 valence electrons. The summed E-state index contributed by atoms with van der Waals surface area (Å²) in [5, 5.41) is 2.24. The van der Waals surface area contributed by atoms with Gasteiger partial charge in [-0.1, -0.05) is 0 Å². The van der Waals surface area contributed by atoms with Crippen molar-refractivity contribution in [3.05, 3.63) is 11.8 Å². The second-order valence-electron chi connectivity index (χ2n) is 2.06. The minimum absolute atomic E-state index is 0.00368. The Morgan fingerprint density at radius 1 is 1.29 bits per heavy atom. The Bertz CT molecular complexity index is 236. The third-order valence-corrected chi connectivity index (χ3v) is 1.14. The number of aldehydes is 2. The van der Waals surface area contributed by atoms with E-state index in [2.05, 4.69) is 10.1 Å². The van der Waals surface area contributed by atoms with Crippen LogP contribution in [0.15, 0.2) is 11.8 Å². The van der Waals surface area contributed by atoms with Gasteiger partial charge in [0.05, 0.1) is 0 Å². The first kappa shape index (κ1) is 12.2. The lowest BCUT2D eigenvalue weighted by Gasteiger charge is -2.05. The minimum atomic E-state index is -0.583. The molecular weight excluding hydrogens is 190 g/mol. The van der Waals surface area contributed by atoms with Crippen LogP contribution in [0.25, 0.3) is 0 Å². The van der Waals surface area contributed by atoms with Crippen LogP contribution in [0.4, 0.5) is 4.79 Å². The molecule has 0 fully saturated rings. The van der Waals surface area contributed by atoms with Crippen molar-refractivity contribution in [2.45, 2.75) is 0 Å². The quantitative estimate of drug-likeness (QED) is 0.274. The monoisotopic (exact) mass is 201 g/mol. The molecule has 0 atom stereocenters. The van der Waals surface area contributed by atoms with E-state index in [1.807, 2.05) is 0 Å². The van der Waals surface area contributed by atoms with Gasteiger partial charge in [0, 0.05) is 13.1 Å². The van der Waals surface area contributed by atoms with E-state index in [9.17, 15) is 14.4 Å². The van der Waals surface area contributed by atoms with Gasteiger partial charge in [-0.05, 0) is 0 Å². The van der Waals surface area contributed by atoms with Crippen molar-refractivity contribution in [1.29, 1.82) is 0 Å². The fraction of sp³-hybridized carbons (Fsp3) is 0.375. The van der Waals surface area contributed by atoms with E-state index in [-0.39, 0.29) is 19.0 Å². The van der Waals surface area contributed by atoms with E-state index in [1.165, 1.54) is 7.05 Å². The van der Waals surface area contributed by atoms with Crippen LogP contribution >= 0.6 is 0 Å². The Hall–Kier alpha value is -1.85. The lowest BCUT2D eigenvalue weighted by Crippen LogP contribution is -2.21. The van der Waals surface area contributed by atoms with E-state index in [4.69, 9.17) is 4.74 Å². The summed E-state index contributed by atoms with van der Waals surface area (Å²) in [6.45, 7) is 0.0234. The summed E-state index contributed by atoms with van der Waals surface area (Å²) in [6.07, 6.45) is 1.23. The second-order valence-corrected chi connectivity index (χ2v) is 2.06. The van der Waals surface area contributed by atoms with Crippen molar-refractivity contribution in [3.63, 3.8) is 0 Å². The molecule has 0 aliphatic carbocycles. The molecule has 0 aromatic rings. The topological polar surface area (TPSA) is 81.7 Å². The molecular formula is C8H11NO5. The van der Waals surface area contributed by atoms with Gasteiger partial charge in [0.25, 0.3) is 0 Å². The highest BCUT2D eigenvalue weighted by molar-refractivity contribution is 5.79. The van der Waals surface area contributed by atoms with E-state index in [0.29, 0.717) is 12.6 Å². The van der Waals surface area contributed by atoms with Crippen LogP contribution in [0.3, 0.4) is 0 Å². The molecule has 0 radical (unpaired) electrons. The Kier molecular flexibility index (Phi) is 6.75. The molecule has 0 unspecified atom stereocenters. The SMILES string of the molecule is CNC(=O)OCCO/C(C=O)=C\C=O. The molecule has 0 saturated carbocycles. The molecule has 0 aromatic heterocycles. The number of alkyl carbamates (subject to hydrolysis) is 1. The predicted octanol–water partition coefficient (Wildman–Crippen LogP) is -0.359. The number of allylic oxidation sites excluding steroid dienone is 2. The van der Waals surface area contributed by atoms with Crippen molar-refractivity contribution < 1.29 is 23.9 Å². The lowest BCUT2D eigenvalue weighted by molar-refractivity contribution is -0.109. The number of hydrogen-bond donors (Lipinski definition) is 1. The molecule has 0 saturated heterocycles. The molecule has 14 heavy (non-hydrogen) atoms. The molecule has 6 heteroatoms. The number of rotatable bonds is 6. The van der Waals surface area contributed by atoms with Gasteiger partial charge in [-0.25, -0.2) is 4.79 Å². The van der Waals surface area contributed by atoms with E-state index in [0.717, 1.165) is 6.08 Å². The zero-order valence-corrected chi connectivity index (χ0v) is 7.69. The van der Waals surface area contributed by atoms with E-state index < -0.39 is 6.09 Å². The lowest BCUT2D eigenvalue weighted by atomic mass is 10.5. The molecule has 6 nitrogen and oxygen atoms in total. The van der Waals surface area contributed by atoms with Crippen LogP contribution in [0, 0.1) is 0 Å². The van der Waals surface area contributed by atoms with Gasteiger partial charge >= 0.3 is 6.09 Å². The molecule has 0 aliphatic rings. The maximum atomic E-state index is 10.5. The van der Waals surface area contributed by atoms with Gasteiger partial charge in [0.15, 0.2) is 12.0 Å². The molecule has 0 aliphatic heterocycles. The maximum absolute atomic E-state index is 10.5. The summed E-state index contributed by atoms with van der Waals surface area (Å²) in [4.78, 5) is 30.7. The molecule has 0 spiro atoms. The van der Waals surface area contributed by atoms with Crippen molar-refractivity contribution in [3.8, 4) is 0 Å². The highest BCUT2D eigenvalue weighted by atomic mass is 16.6. The number of hydrogen-bond acceptors (Lipinski definition) is 5. The third-order valence-electron chi connectivity index (χ3n) is 1.14. The van der Waals surface area contributed by atoms with Crippen LogP contribution < -0.4 is 5.32 Å². The van der Waals surface area contributed by atoms with Crippen LogP contribution in [0.1, 0.15) is 0 Å². The summed E-state index contributed by atoms with van der Waals surface area (Å²) in [7, 11) is 1.42. The van der Waals surface area contributed by atoms with Crippen molar-refractivity contribution in [2.75, 3.05) is 20.3 Å². The largest absolute Gasteiger partial charge is 0.486 e. The van der Waals surface area contributed by atoms with Crippen LogP contribution in [0.2, 0.25) is 0 Å². The zero-order chi connectivity index (χ0) is 10.8. The fourth-order valence-electron chi connectivity index (χ4n) is 0.555. The van der Waals surface area contributed by atoms with Crippen molar-refractivity contribution in [2.24, 2.45) is 0 Å². The number of amides is 1. The van der Waals surface area contributed by atoms with Crippen LogP contribution in [-0.4, -0.2) is 38.9 Å². The first-order valence-electron chi connectivity index (χ1n) is 3.82. The molecule has 1 amide bonds. The third kappa shape index (κ3) is 5.76. The smallest absolute Gasteiger partial charge is 0.406 e. The summed E-state index contributed by atoms with van der Waals surface area (Å²) in [6, 6.07) is 0. The summed E-state index contributed by atoms with van der Waals surface area (Å²) >= 11 is 0. The Morgan fingerprint density at radius 2 is 1.93 bits per heavy atom. The molecule has 0 heterocycles. The molecule has 0 aromatic carbocycles. The molecule has 1 N–H and O–H groups in total. The van der Waals surface area contributed by atoms with Gasteiger partial charge < -0.3 is 14.8 Å². The first-order chi connectivity index (χ1) is 6.74. The minimum Gasteiger partial charge on any atom is -0.486 e. The summed E-state index contributed by atoms with van der Waals surface area (Å²) < 4.78 is 9.34. The number of carbonyl (C=O) groups is 3. The standard InChI is InChI=1S/C8H11NO5/c1-9-8(12)14-5-4-13-7(6-11)2-3-10/h2-3,6H,4-5H2,1H3,(H,9,12)/b7-2-. The fourth-order valence-corrected chi connectivity index (χ4v) is 0.555. The Labute approximate surface area is 80.9 Å². The average Bonchev–Trinajstić information content (AvgIpc) is 2.22. The predicted molar refractivity (Wildman–Crippen MR) is 46.6 cm³/mol. The Balaban J connectivity index is 3.62. The van der Waals surface area contributed by atoms with Crippen molar-refractivity contribution in [1.82, 2.24) is 5.32 Å². The zero-order valence-electron chi connectivity index (χ0n) is 7.69. The van der Waals surface area contributed by atoms with Gasteiger partial charge in [0.1, 0.15) is 19.5 Å². The van der Waals surface area contributed by atoms with E-state index >= 15 is 0 Å². The molecule has 0 bridgehead atoms. The van der Waals surface area contributed by atoms with Crippen LogP contribution in [-0.2, 0) is 19.1 Å². The maximum Gasteiger partial charge on any atom is 0.406 e. The highest BCUT2D eigenvalue weighted by Gasteiger charge is 1.98. The Morgan fingerprint density at radius 3 is 2.43 bits per heavy atom. The summed E-state index contributed by atoms with van der Waals surface area (Å²) in [5.41, 5.74) is 0. The van der Waals surface area contributed by atoms with E-state index in [1.54, 1.807) is 0 Å². The average molecular weight is 201 g/mol. The highest BCUT2D eigenvalue weighted by Crippen LogP contribution is 1.91.